The summed E-state index contributed by atoms with van der Waals surface area (Å²) in [6, 6.07) is 0. The molecule has 1 radical (unpaired) electrons. The van der Waals surface area contributed by atoms with Crippen LogP contribution < -0.4 is 0 Å². The molecule has 37 valence electrons. The van der Waals surface area contributed by atoms with E-state index in [2.05, 4.69) is 0 Å². The van der Waals surface area contributed by atoms with Gasteiger partial charge in [-0.05, 0) is 0 Å². The van der Waals surface area contributed by atoms with E-state index in [0.29, 0.717) is 0 Å². The zero-order valence-electron chi connectivity index (χ0n) is 2.72. The predicted molar refractivity (Wildman–Crippen MR) is 28.5 cm³/mol. The van der Waals surface area contributed by atoms with Gasteiger partial charge >= 0.3 is 10.1 Å². The maximum atomic E-state index is 9.44. The Morgan fingerprint density at radius 2 is 1.67 bits per heavy atom. The van der Waals surface area contributed by atoms with Crippen molar-refractivity contribution in [1.29, 1.82) is 0 Å². The lowest BCUT2D eigenvalue weighted by atomic mass is 12.0. The number of rotatable bonds is 1. The molecule has 0 aliphatic carbocycles. The van der Waals surface area contributed by atoms with Crippen LogP contribution in [-0.4, -0.2) is 12.2 Å². The quantitative estimate of drug-likeness (QED) is 0.467. The van der Waals surface area contributed by atoms with E-state index in [1.54, 1.807) is 0 Å². The molecule has 5 heteroatoms. The Hall–Kier alpha value is 0.640. The van der Waals surface area contributed by atoms with Crippen LogP contribution in [0.2, 0.25) is 0 Å². The molecule has 0 atom stereocenters. The van der Waals surface area contributed by atoms with Crippen LogP contribution in [0.25, 0.3) is 0 Å². The summed E-state index contributed by atoms with van der Waals surface area (Å²) in [4.78, 5) is 0. The molecular formula is CH2IO3S. The molecule has 0 fully saturated rings. The summed E-state index contributed by atoms with van der Waals surface area (Å²) in [5.74, 6) is 0. The minimum Gasteiger partial charge on any atom is -0.196 e. The predicted octanol–water partition coefficient (Wildman–Crippen LogP) is 0.139. The van der Waals surface area contributed by atoms with Gasteiger partial charge in [0.05, 0.1) is 0 Å². The monoisotopic (exact) mass is 221 g/mol. The molecular weight excluding hydrogens is 219 g/mol. The Balaban J connectivity index is 3.85. The van der Waals surface area contributed by atoms with Crippen LogP contribution in [0.15, 0.2) is 0 Å². The molecule has 0 aliphatic rings. The largest absolute Gasteiger partial charge is 0.303 e. The van der Waals surface area contributed by atoms with Crippen LogP contribution in [0.5, 0.6) is 0 Å². The van der Waals surface area contributed by atoms with E-state index in [1.807, 2.05) is 0 Å². The summed E-state index contributed by atoms with van der Waals surface area (Å²) < 4.78 is 28.0. The first-order chi connectivity index (χ1) is 2.56. The first-order valence-corrected chi connectivity index (χ1v) is 4.16. The van der Waals surface area contributed by atoms with Gasteiger partial charge < -0.3 is 0 Å². The maximum absolute atomic E-state index is 9.44. The van der Waals surface area contributed by atoms with Crippen LogP contribution in [0, 0.1) is 0 Å². The number of alkyl halides is 1. The van der Waals surface area contributed by atoms with Crippen LogP contribution in [0.1, 0.15) is 0 Å². The normalized spacial score (nSPS) is 11.7. The SMILES string of the molecule is [O]S(=O)(=O)CI. The number of hydrogen-bond donors (Lipinski definition) is 0. The van der Waals surface area contributed by atoms with Gasteiger partial charge in [-0.15, -0.1) is 0 Å². The van der Waals surface area contributed by atoms with Crippen LogP contribution in [0.4, 0.5) is 0 Å². The molecule has 0 saturated heterocycles. The molecule has 0 heterocycles. The summed E-state index contributed by atoms with van der Waals surface area (Å²) in [7, 11) is -3.93. The second-order valence-corrected chi connectivity index (χ2v) is 3.87. The molecule has 0 amide bonds. The molecule has 0 aliphatic heterocycles. The van der Waals surface area contributed by atoms with Gasteiger partial charge in [0.1, 0.15) is 3.76 Å². The molecule has 0 aromatic heterocycles. The van der Waals surface area contributed by atoms with Crippen molar-refractivity contribution in [3.63, 3.8) is 0 Å². The minimum absolute atomic E-state index is 0.342. The Labute approximate surface area is 49.6 Å². The number of halogens is 1. The fourth-order valence-corrected chi connectivity index (χ4v) is 0. The molecule has 0 aromatic carbocycles. The van der Waals surface area contributed by atoms with E-state index in [9.17, 15) is 13.0 Å². The average molecular weight is 221 g/mol. The van der Waals surface area contributed by atoms with E-state index < -0.39 is 10.1 Å². The summed E-state index contributed by atoms with van der Waals surface area (Å²) in [6.45, 7) is 0. The third-order valence-corrected chi connectivity index (χ3v) is 2.69. The fourth-order valence-electron chi connectivity index (χ4n) is 0. The molecule has 0 aromatic rings. The van der Waals surface area contributed by atoms with Gasteiger partial charge in [-0.25, -0.2) is 0 Å². The average Bonchev–Trinajstić information content (AvgIpc) is 1.35. The van der Waals surface area contributed by atoms with Crippen LogP contribution in [0.3, 0.4) is 0 Å². The fraction of sp³-hybridized carbons (Fsp3) is 1.00. The third-order valence-electron chi connectivity index (χ3n) is 0.134. The smallest absolute Gasteiger partial charge is 0.196 e. The molecule has 0 spiro atoms. The van der Waals surface area contributed by atoms with Crippen molar-refractivity contribution >= 4 is 32.7 Å². The molecule has 0 N–H and O–H groups in total. The lowest BCUT2D eigenvalue weighted by molar-refractivity contribution is 0.420. The highest BCUT2D eigenvalue weighted by Gasteiger charge is 1.98. The topological polar surface area (TPSA) is 54.0 Å². The highest BCUT2D eigenvalue weighted by molar-refractivity contribution is 14.1. The standard InChI is InChI=1S/CH2IO3S/c2-1-6(3,4)5/h1H2. The first-order valence-electron chi connectivity index (χ1n) is 1.06. The van der Waals surface area contributed by atoms with Crippen molar-refractivity contribution in [1.82, 2.24) is 0 Å². The van der Waals surface area contributed by atoms with Crippen LogP contribution >= 0.6 is 22.6 Å². The highest BCUT2D eigenvalue weighted by Crippen LogP contribution is 1.88. The van der Waals surface area contributed by atoms with Gasteiger partial charge in [0.15, 0.2) is 0 Å². The van der Waals surface area contributed by atoms with Gasteiger partial charge in [-0.2, -0.15) is 8.42 Å². The van der Waals surface area contributed by atoms with E-state index in [0.717, 1.165) is 0 Å². The van der Waals surface area contributed by atoms with E-state index in [1.165, 1.54) is 22.6 Å². The summed E-state index contributed by atoms with van der Waals surface area (Å²) >= 11 is 1.49. The van der Waals surface area contributed by atoms with Crippen molar-refractivity contribution in [2.75, 3.05) is 3.76 Å². The Morgan fingerprint density at radius 3 is 1.67 bits per heavy atom. The van der Waals surface area contributed by atoms with E-state index in [4.69, 9.17) is 0 Å². The summed E-state index contributed by atoms with van der Waals surface area (Å²) in [5, 5.41) is 0. The van der Waals surface area contributed by atoms with Gasteiger partial charge in [0.2, 0.25) is 0 Å². The van der Waals surface area contributed by atoms with Crippen molar-refractivity contribution in [3.05, 3.63) is 0 Å². The molecule has 0 unspecified atom stereocenters. The Bertz CT molecular complexity index is 113. The van der Waals surface area contributed by atoms with Crippen LogP contribution in [-0.2, 0) is 14.7 Å². The molecule has 6 heavy (non-hydrogen) atoms. The lowest BCUT2D eigenvalue weighted by Gasteiger charge is -1.74. The number of hydrogen-bond acceptors (Lipinski definition) is 2. The second-order valence-electron chi connectivity index (χ2n) is 0.667. The summed E-state index contributed by atoms with van der Waals surface area (Å²) in [5.41, 5.74) is 0. The van der Waals surface area contributed by atoms with Crippen molar-refractivity contribution < 1.29 is 13.0 Å². The van der Waals surface area contributed by atoms with E-state index >= 15 is 0 Å². The third kappa shape index (κ3) is 4.64. The summed E-state index contributed by atoms with van der Waals surface area (Å²) in [6.07, 6.45) is 0. The van der Waals surface area contributed by atoms with Crippen molar-refractivity contribution in [2.24, 2.45) is 0 Å². The second kappa shape index (κ2) is 2.08. The zero-order chi connectivity index (χ0) is 5.21. The van der Waals surface area contributed by atoms with Crippen molar-refractivity contribution in [2.45, 2.75) is 0 Å². The maximum Gasteiger partial charge on any atom is 0.303 e. The minimum atomic E-state index is -3.93. The van der Waals surface area contributed by atoms with Crippen molar-refractivity contribution in [3.8, 4) is 0 Å². The lowest BCUT2D eigenvalue weighted by Crippen LogP contribution is -1.92. The molecule has 3 nitrogen and oxygen atoms in total. The Morgan fingerprint density at radius 1 is 1.50 bits per heavy atom. The zero-order valence-corrected chi connectivity index (χ0v) is 5.69. The van der Waals surface area contributed by atoms with E-state index in [-0.39, 0.29) is 3.76 Å². The van der Waals surface area contributed by atoms with Gasteiger partial charge in [0, 0.05) is 0 Å². The Kier molecular flexibility index (Phi) is 2.30. The van der Waals surface area contributed by atoms with Gasteiger partial charge in [-0.3, -0.25) is 0 Å². The molecule has 0 rings (SSSR count). The molecule has 0 saturated carbocycles. The van der Waals surface area contributed by atoms with Gasteiger partial charge in [0.25, 0.3) is 0 Å². The first kappa shape index (κ1) is 6.64. The highest BCUT2D eigenvalue weighted by atomic mass is 127. The van der Waals surface area contributed by atoms with Gasteiger partial charge in [-0.1, -0.05) is 27.1 Å². The molecule has 0 bridgehead atoms.